The lowest BCUT2D eigenvalue weighted by Crippen LogP contribution is -2.36. The first kappa shape index (κ1) is 23.8. The van der Waals surface area contributed by atoms with E-state index in [2.05, 4.69) is 5.32 Å². The van der Waals surface area contributed by atoms with Crippen LogP contribution in [0.2, 0.25) is 0 Å². The second kappa shape index (κ2) is 10.2. The normalized spacial score (nSPS) is 15.5. The van der Waals surface area contributed by atoms with Gasteiger partial charge in [-0.15, -0.1) is 0 Å². The Morgan fingerprint density at radius 3 is 2.61 bits per heavy atom. The van der Waals surface area contributed by atoms with Crippen LogP contribution in [0.1, 0.15) is 12.5 Å². The van der Waals surface area contributed by atoms with Crippen LogP contribution in [-0.4, -0.2) is 52.8 Å². The summed E-state index contributed by atoms with van der Waals surface area (Å²) in [5.74, 6) is -2.75. The molecular weight excluding hydrogens is 455 g/mol. The van der Waals surface area contributed by atoms with Crippen molar-refractivity contribution in [1.29, 1.82) is 0 Å². The van der Waals surface area contributed by atoms with Crippen molar-refractivity contribution < 1.29 is 38.1 Å². The number of ether oxygens (including phenoxy) is 2. The minimum atomic E-state index is -1.14. The number of anilines is 1. The molecule has 0 saturated carbocycles. The third-order valence-corrected chi connectivity index (χ3v) is 5.37. The summed E-state index contributed by atoms with van der Waals surface area (Å²) in [7, 11) is 1.37. The molecule has 0 aliphatic carbocycles. The Labute approximate surface area is 192 Å². The Morgan fingerprint density at radius 2 is 1.94 bits per heavy atom. The summed E-state index contributed by atoms with van der Waals surface area (Å²) in [5.41, 5.74) is 0.431. The second-order valence-electron chi connectivity index (χ2n) is 6.80. The van der Waals surface area contributed by atoms with E-state index in [1.54, 1.807) is 6.07 Å². The number of amides is 3. The van der Waals surface area contributed by atoms with Crippen molar-refractivity contribution in [2.45, 2.75) is 13.0 Å². The third kappa shape index (κ3) is 5.69. The maximum atomic E-state index is 13.7. The molecule has 3 amide bonds. The number of carboxylic acid groups (broad SMARTS) is 1. The second-order valence-corrected chi connectivity index (χ2v) is 7.80. The van der Waals surface area contributed by atoms with E-state index < -0.39 is 41.5 Å². The van der Waals surface area contributed by atoms with Gasteiger partial charge >= 0.3 is 5.97 Å². The van der Waals surface area contributed by atoms with Crippen LogP contribution in [0.15, 0.2) is 47.4 Å². The average molecular weight is 474 g/mol. The summed E-state index contributed by atoms with van der Waals surface area (Å²) in [6, 6.07) is 10.1. The number of para-hydroxylation sites is 1. The molecule has 2 aromatic carbocycles. The lowest BCUT2D eigenvalue weighted by Gasteiger charge is -2.14. The minimum Gasteiger partial charge on any atom is -0.493 e. The fraction of sp³-hybridized carbons (Fsp3) is 0.182. The van der Waals surface area contributed by atoms with E-state index >= 15 is 0 Å². The predicted molar refractivity (Wildman–Crippen MR) is 118 cm³/mol. The van der Waals surface area contributed by atoms with Crippen LogP contribution in [0, 0.1) is 5.82 Å². The summed E-state index contributed by atoms with van der Waals surface area (Å²) in [6.45, 7) is 0.799. The Balaban J connectivity index is 1.73. The van der Waals surface area contributed by atoms with Gasteiger partial charge in [0.05, 0.1) is 17.7 Å². The molecule has 0 aromatic heterocycles. The van der Waals surface area contributed by atoms with Gasteiger partial charge in [0.2, 0.25) is 5.91 Å². The highest BCUT2D eigenvalue weighted by Crippen LogP contribution is 2.34. The Morgan fingerprint density at radius 1 is 1.21 bits per heavy atom. The summed E-state index contributed by atoms with van der Waals surface area (Å²) in [6.07, 6.45) is 0.337. The Kier molecular flexibility index (Phi) is 7.34. The van der Waals surface area contributed by atoms with Gasteiger partial charge in [-0.3, -0.25) is 19.3 Å². The van der Waals surface area contributed by atoms with Crippen molar-refractivity contribution in [1.82, 2.24) is 4.90 Å². The molecule has 0 unspecified atom stereocenters. The van der Waals surface area contributed by atoms with E-state index in [9.17, 15) is 23.6 Å². The van der Waals surface area contributed by atoms with Gasteiger partial charge in [0.1, 0.15) is 12.4 Å². The number of benzene rings is 2. The highest BCUT2D eigenvalue weighted by atomic mass is 32.2. The number of nitrogens with one attached hydrogen (secondary N) is 1. The molecule has 1 atom stereocenters. The van der Waals surface area contributed by atoms with Crippen LogP contribution in [0.4, 0.5) is 14.9 Å². The molecule has 11 heteroatoms. The van der Waals surface area contributed by atoms with Crippen LogP contribution >= 0.6 is 11.8 Å². The number of carbonyl (C=O) groups is 4. The molecule has 0 bridgehead atoms. The molecule has 1 aliphatic heterocycles. The first-order valence-electron chi connectivity index (χ1n) is 9.57. The van der Waals surface area contributed by atoms with E-state index in [0.717, 1.165) is 4.90 Å². The average Bonchev–Trinajstić information content (AvgIpc) is 3.03. The smallest absolute Gasteiger partial charge is 0.344 e. The van der Waals surface area contributed by atoms with Crippen LogP contribution in [0.25, 0.3) is 6.08 Å². The molecule has 1 fully saturated rings. The van der Waals surface area contributed by atoms with Crippen LogP contribution in [0.3, 0.4) is 0 Å². The lowest BCUT2D eigenvalue weighted by molar-refractivity contribution is -0.144. The number of methoxy groups -OCH3 is 1. The molecule has 33 heavy (non-hydrogen) atoms. The quantitative estimate of drug-likeness (QED) is 0.559. The van der Waals surface area contributed by atoms with Crippen molar-refractivity contribution in [3.05, 3.63) is 58.8 Å². The summed E-state index contributed by atoms with van der Waals surface area (Å²) >= 11 is 0.655. The van der Waals surface area contributed by atoms with Gasteiger partial charge in [0, 0.05) is 0 Å². The zero-order valence-electron chi connectivity index (χ0n) is 17.5. The van der Waals surface area contributed by atoms with Gasteiger partial charge in [-0.05, 0) is 54.6 Å². The molecule has 1 aliphatic rings. The molecule has 2 aromatic rings. The molecule has 172 valence electrons. The number of thioether (sulfide) groups is 1. The van der Waals surface area contributed by atoms with Crippen molar-refractivity contribution in [2.75, 3.05) is 19.0 Å². The highest BCUT2D eigenvalue weighted by molar-refractivity contribution is 8.18. The zero-order chi connectivity index (χ0) is 24.1. The third-order valence-electron chi connectivity index (χ3n) is 4.46. The van der Waals surface area contributed by atoms with Crippen molar-refractivity contribution in [3.63, 3.8) is 0 Å². The van der Waals surface area contributed by atoms with Crippen LogP contribution in [0.5, 0.6) is 11.5 Å². The van der Waals surface area contributed by atoms with E-state index in [1.807, 2.05) is 0 Å². The van der Waals surface area contributed by atoms with Crippen molar-refractivity contribution >= 4 is 46.5 Å². The maximum Gasteiger partial charge on any atom is 0.344 e. The van der Waals surface area contributed by atoms with Gasteiger partial charge in [-0.2, -0.15) is 0 Å². The van der Waals surface area contributed by atoms with Gasteiger partial charge in [-0.25, -0.2) is 9.18 Å². The Bertz CT molecular complexity index is 1150. The van der Waals surface area contributed by atoms with Crippen molar-refractivity contribution in [3.8, 4) is 11.5 Å². The first-order valence-corrected chi connectivity index (χ1v) is 10.4. The number of nitrogens with zero attached hydrogens (tertiary/aromatic N) is 1. The molecule has 0 spiro atoms. The zero-order valence-corrected chi connectivity index (χ0v) is 18.3. The fourth-order valence-electron chi connectivity index (χ4n) is 2.80. The number of carboxylic acids is 1. The molecule has 3 rings (SSSR count). The number of halogens is 1. The highest BCUT2D eigenvalue weighted by Gasteiger charge is 2.36. The number of hydrogen-bond acceptors (Lipinski definition) is 7. The first-order chi connectivity index (χ1) is 15.7. The van der Waals surface area contributed by atoms with E-state index in [1.165, 1.54) is 56.5 Å². The van der Waals surface area contributed by atoms with Gasteiger partial charge in [0.15, 0.2) is 17.6 Å². The molecule has 2 N–H and O–H groups in total. The van der Waals surface area contributed by atoms with E-state index in [4.69, 9.17) is 14.6 Å². The largest absolute Gasteiger partial charge is 0.493 e. The summed E-state index contributed by atoms with van der Waals surface area (Å²) in [5, 5.41) is 10.7. The standard InChI is InChI=1S/C22H19FN2O7S/c1-12(21(28)29)32-16-8-7-13(9-17(16)31-2)10-18-20(27)25(22(30)33-18)11-19(26)24-15-6-4-3-5-14(15)23/h3-10,12H,11H2,1-2H3,(H,24,26)(H,28,29)/b18-10-/t12-/m1/s1. The van der Waals surface area contributed by atoms with Crippen molar-refractivity contribution in [2.24, 2.45) is 0 Å². The van der Waals surface area contributed by atoms with Crippen LogP contribution < -0.4 is 14.8 Å². The van der Waals surface area contributed by atoms with Crippen LogP contribution in [-0.2, 0) is 14.4 Å². The number of rotatable bonds is 8. The maximum absolute atomic E-state index is 13.7. The van der Waals surface area contributed by atoms with E-state index in [-0.39, 0.29) is 22.1 Å². The monoisotopic (exact) mass is 474 g/mol. The van der Waals surface area contributed by atoms with Gasteiger partial charge < -0.3 is 19.9 Å². The minimum absolute atomic E-state index is 0.0587. The number of aliphatic carboxylic acids is 1. The molecule has 1 heterocycles. The van der Waals surface area contributed by atoms with E-state index in [0.29, 0.717) is 17.3 Å². The SMILES string of the molecule is COc1cc(/C=C2\SC(=O)N(CC(=O)Nc3ccccc3F)C2=O)ccc1O[C@H](C)C(=O)O. The lowest BCUT2D eigenvalue weighted by atomic mass is 10.1. The number of carbonyl (C=O) groups excluding carboxylic acids is 3. The molecular formula is C22H19FN2O7S. The molecule has 1 saturated heterocycles. The van der Waals surface area contributed by atoms with Gasteiger partial charge in [0.25, 0.3) is 11.1 Å². The molecule has 9 nitrogen and oxygen atoms in total. The fourth-order valence-corrected chi connectivity index (χ4v) is 3.63. The Hall–Kier alpha value is -3.86. The predicted octanol–water partition coefficient (Wildman–Crippen LogP) is 3.36. The number of imide groups is 1. The summed E-state index contributed by atoms with van der Waals surface area (Å²) < 4.78 is 24.2. The van der Waals surface area contributed by atoms with Gasteiger partial charge in [-0.1, -0.05) is 18.2 Å². The molecule has 0 radical (unpaired) electrons. The summed E-state index contributed by atoms with van der Waals surface area (Å²) in [4.78, 5) is 49.0. The topological polar surface area (TPSA) is 122 Å². The number of hydrogen-bond donors (Lipinski definition) is 2.